The van der Waals surface area contributed by atoms with Crippen molar-refractivity contribution in [2.75, 3.05) is 16.4 Å². The first kappa shape index (κ1) is 14.0. The second-order valence-corrected chi connectivity index (χ2v) is 6.09. The van der Waals surface area contributed by atoms with Gasteiger partial charge in [0, 0.05) is 17.1 Å². The third-order valence-corrected chi connectivity index (χ3v) is 4.61. The minimum Gasteiger partial charge on any atom is -0.381 e. The van der Waals surface area contributed by atoms with E-state index >= 15 is 0 Å². The van der Waals surface area contributed by atoms with Crippen LogP contribution in [0, 0.1) is 0 Å². The first-order chi connectivity index (χ1) is 10.2. The second kappa shape index (κ2) is 6.22. The van der Waals surface area contributed by atoms with Gasteiger partial charge in [-0.3, -0.25) is 4.79 Å². The van der Waals surface area contributed by atoms with Crippen molar-refractivity contribution in [2.24, 2.45) is 0 Å². The fourth-order valence-corrected chi connectivity index (χ4v) is 3.08. The van der Waals surface area contributed by atoms with Crippen molar-refractivity contribution in [3.8, 4) is 0 Å². The van der Waals surface area contributed by atoms with Gasteiger partial charge in [0.2, 0.25) is 5.91 Å². The Morgan fingerprint density at radius 1 is 1.14 bits per heavy atom. The largest absolute Gasteiger partial charge is 0.381 e. The summed E-state index contributed by atoms with van der Waals surface area (Å²) in [4.78, 5) is 12.6. The van der Waals surface area contributed by atoms with Crippen molar-refractivity contribution in [1.29, 1.82) is 0 Å². The molecule has 3 rings (SSSR count). The van der Waals surface area contributed by atoms with Gasteiger partial charge < -0.3 is 10.6 Å². The monoisotopic (exact) mass is 298 g/mol. The average molecular weight is 298 g/mol. The molecule has 0 atom stereocenters. The van der Waals surface area contributed by atoms with Gasteiger partial charge in [0.05, 0.1) is 11.4 Å². The van der Waals surface area contributed by atoms with Crippen LogP contribution in [0.4, 0.5) is 11.4 Å². The summed E-state index contributed by atoms with van der Waals surface area (Å²) >= 11 is 1.58. The molecular weight excluding hydrogens is 280 g/mol. The molecule has 108 valence electrons. The highest BCUT2D eigenvalue weighted by Gasteiger charge is 2.15. The number of nitrogens with one attached hydrogen (secondary N) is 2. The highest BCUT2D eigenvalue weighted by molar-refractivity contribution is 8.00. The molecule has 1 amide bonds. The van der Waals surface area contributed by atoms with Crippen LogP contribution >= 0.6 is 11.8 Å². The van der Waals surface area contributed by atoms with Crippen molar-refractivity contribution < 1.29 is 4.79 Å². The third-order valence-electron chi connectivity index (χ3n) is 3.54. The fourth-order valence-electron chi connectivity index (χ4n) is 2.29. The number of benzene rings is 2. The lowest BCUT2D eigenvalue weighted by Gasteiger charge is -2.17. The number of hydrogen-bond donors (Lipinski definition) is 2. The quantitative estimate of drug-likeness (QED) is 0.899. The molecule has 2 N–H and O–H groups in total. The van der Waals surface area contributed by atoms with Crippen molar-refractivity contribution in [3.05, 3.63) is 53.6 Å². The van der Waals surface area contributed by atoms with Gasteiger partial charge >= 0.3 is 0 Å². The van der Waals surface area contributed by atoms with E-state index in [2.05, 4.69) is 54.0 Å². The van der Waals surface area contributed by atoms with Crippen molar-refractivity contribution in [3.63, 3.8) is 0 Å². The van der Waals surface area contributed by atoms with E-state index < -0.39 is 0 Å². The van der Waals surface area contributed by atoms with Crippen LogP contribution in [0.1, 0.15) is 18.1 Å². The smallest absolute Gasteiger partial charge is 0.234 e. The molecule has 0 saturated carbocycles. The van der Waals surface area contributed by atoms with E-state index in [9.17, 15) is 4.79 Å². The predicted octanol–water partition coefficient (Wildman–Crippen LogP) is 3.91. The summed E-state index contributed by atoms with van der Waals surface area (Å²) in [6, 6.07) is 14.8. The van der Waals surface area contributed by atoms with Crippen LogP contribution in [0.5, 0.6) is 0 Å². The standard InChI is InChI=1S/C17H18N2OS/c1-2-12-3-5-13(6-4-12)10-18-14-7-8-16-15(9-14)19-17(20)11-21-16/h3-9,18H,2,10-11H2,1H3,(H,19,20). The number of carbonyl (C=O) groups is 1. The molecule has 0 aliphatic carbocycles. The Labute approximate surface area is 129 Å². The molecule has 0 spiro atoms. The number of fused-ring (bicyclic) bond motifs is 1. The number of anilines is 2. The molecule has 0 saturated heterocycles. The topological polar surface area (TPSA) is 41.1 Å². The van der Waals surface area contributed by atoms with Crippen molar-refractivity contribution >= 4 is 29.0 Å². The lowest BCUT2D eigenvalue weighted by atomic mass is 10.1. The minimum atomic E-state index is 0.0693. The van der Waals surface area contributed by atoms with Gasteiger partial charge in [0.15, 0.2) is 0 Å². The summed E-state index contributed by atoms with van der Waals surface area (Å²) in [7, 11) is 0. The van der Waals surface area contributed by atoms with Crippen LogP contribution < -0.4 is 10.6 Å². The van der Waals surface area contributed by atoms with Crippen LogP contribution in [0.2, 0.25) is 0 Å². The minimum absolute atomic E-state index is 0.0693. The number of rotatable bonds is 4. The summed E-state index contributed by atoms with van der Waals surface area (Å²) in [6.07, 6.45) is 1.07. The maximum atomic E-state index is 11.4. The molecular formula is C17H18N2OS. The van der Waals surface area contributed by atoms with E-state index in [4.69, 9.17) is 0 Å². The molecule has 1 aliphatic rings. The highest BCUT2D eigenvalue weighted by Crippen LogP contribution is 2.33. The first-order valence-electron chi connectivity index (χ1n) is 7.13. The van der Waals surface area contributed by atoms with Crippen molar-refractivity contribution in [2.45, 2.75) is 24.8 Å². The Morgan fingerprint density at radius 2 is 1.90 bits per heavy atom. The molecule has 21 heavy (non-hydrogen) atoms. The van der Waals surface area contributed by atoms with Gasteiger partial charge in [0.25, 0.3) is 0 Å². The van der Waals surface area contributed by atoms with Gasteiger partial charge in [-0.15, -0.1) is 11.8 Å². The van der Waals surface area contributed by atoms with Crippen LogP contribution in [-0.4, -0.2) is 11.7 Å². The summed E-state index contributed by atoms with van der Waals surface area (Å²) in [5.74, 6) is 0.573. The normalized spacial score (nSPS) is 13.5. The Balaban J connectivity index is 1.67. The van der Waals surface area contributed by atoms with Gasteiger partial charge in [-0.25, -0.2) is 0 Å². The van der Waals surface area contributed by atoms with Gasteiger partial charge in [-0.1, -0.05) is 31.2 Å². The zero-order valence-corrected chi connectivity index (χ0v) is 12.8. The third kappa shape index (κ3) is 3.39. The van der Waals surface area contributed by atoms with E-state index in [0.29, 0.717) is 5.75 Å². The van der Waals surface area contributed by atoms with Crippen LogP contribution in [-0.2, 0) is 17.8 Å². The lowest BCUT2D eigenvalue weighted by molar-refractivity contribution is -0.113. The van der Waals surface area contributed by atoms with Gasteiger partial charge in [-0.05, 0) is 35.7 Å². The summed E-state index contributed by atoms with van der Waals surface area (Å²) in [5.41, 5.74) is 4.54. The molecule has 0 fully saturated rings. The van der Waals surface area contributed by atoms with E-state index in [1.54, 1.807) is 11.8 Å². The Bertz CT molecular complexity index is 652. The molecule has 2 aromatic carbocycles. The fraction of sp³-hybridized carbons (Fsp3) is 0.235. The van der Waals surface area contributed by atoms with E-state index in [1.807, 2.05) is 6.07 Å². The summed E-state index contributed by atoms with van der Waals surface area (Å²) < 4.78 is 0. The molecule has 0 radical (unpaired) electrons. The molecule has 4 heteroatoms. The van der Waals surface area contributed by atoms with Gasteiger partial charge in [-0.2, -0.15) is 0 Å². The molecule has 1 aliphatic heterocycles. The van der Waals surface area contributed by atoms with Crippen molar-refractivity contribution in [1.82, 2.24) is 0 Å². The zero-order valence-electron chi connectivity index (χ0n) is 12.0. The molecule has 0 bridgehead atoms. The van der Waals surface area contributed by atoms with Crippen LogP contribution in [0.25, 0.3) is 0 Å². The number of amides is 1. The van der Waals surface area contributed by atoms with E-state index in [1.165, 1.54) is 11.1 Å². The number of aryl methyl sites for hydroxylation is 1. The molecule has 2 aromatic rings. The SMILES string of the molecule is CCc1ccc(CNc2ccc3c(c2)NC(=O)CS3)cc1. The first-order valence-corrected chi connectivity index (χ1v) is 8.11. The zero-order chi connectivity index (χ0) is 14.7. The second-order valence-electron chi connectivity index (χ2n) is 5.07. The lowest BCUT2D eigenvalue weighted by Crippen LogP contribution is -2.18. The van der Waals surface area contributed by atoms with Crippen LogP contribution in [0.3, 0.4) is 0 Å². The Morgan fingerprint density at radius 3 is 2.67 bits per heavy atom. The Hall–Kier alpha value is -1.94. The van der Waals surface area contributed by atoms with E-state index in [0.717, 1.165) is 29.2 Å². The average Bonchev–Trinajstić information content (AvgIpc) is 2.53. The molecule has 0 aromatic heterocycles. The molecule has 0 unspecified atom stereocenters. The summed E-state index contributed by atoms with van der Waals surface area (Å²) in [5, 5.41) is 6.32. The predicted molar refractivity (Wildman–Crippen MR) is 88.9 cm³/mol. The molecule has 1 heterocycles. The van der Waals surface area contributed by atoms with E-state index in [-0.39, 0.29) is 5.91 Å². The summed E-state index contributed by atoms with van der Waals surface area (Å²) in [6.45, 7) is 2.94. The van der Waals surface area contributed by atoms with Gasteiger partial charge in [0.1, 0.15) is 0 Å². The highest BCUT2D eigenvalue weighted by atomic mass is 32.2. The van der Waals surface area contributed by atoms with Crippen LogP contribution in [0.15, 0.2) is 47.4 Å². The number of thioether (sulfide) groups is 1. The molecule has 3 nitrogen and oxygen atoms in total. The number of carbonyl (C=O) groups excluding carboxylic acids is 1. The maximum absolute atomic E-state index is 11.4. The maximum Gasteiger partial charge on any atom is 0.234 e. The number of hydrogen-bond acceptors (Lipinski definition) is 3. The Kier molecular flexibility index (Phi) is 4.15.